The molecule has 0 fully saturated rings. The van der Waals surface area contributed by atoms with Crippen molar-refractivity contribution in [3.8, 4) is 67.5 Å². The molecule has 0 bridgehead atoms. The van der Waals surface area contributed by atoms with Crippen molar-refractivity contribution in [2.45, 2.75) is 16.2 Å². The molecule has 0 amide bonds. The highest BCUT2D eigenvalue weighted by Gasteiger charge is 2.56. The van der Waals surface area contributed by atoms with Gasteiger partial charge in [-0.15, -0.1) is 0 Å². The lowest BCUT2D eigenvalue weighted by Crippen LogP contribution is -2.32. The number of rotatable bonds is 3. The second kappa shape index (κ2) is 15.1. The maximum atomic E-state index is 6.83. The molecule has 3 spiro atoms. The third kappa shape index (κ3) is 4.93. The highest BCUT2D eigenvalue weighted by atomic mass is 16.5. The molecule has 4 aliphatic carbocycles. The van der Waals surface area contributed by atoms with Crippen LogP contribution in [0.5, 0.6) is 23.0 Å². The molecule has 12 aromatic rings. The molecule has 0 atom stereocenters. The van der Waals surface area contributed by atoms with E-state index >= 15 is 0 Å². The number of hydrogen-bond donors (Lipinski definition) is 0. The largest absolute Gasteiger partial charge is 0.457 e. The number of nitrogens with zero attached hydrogens (tertiary/aromatic N) is 1. The Morgan fingerprint density at radius 2 is 0.500 bits per heavy atom. The molecule has 78 heavy (non-hydrogen) atoms. The third-order valence-corrected chi connectivity index (χ3v) is 18.4. The van der Waals surface area contributed by atoms with Crippen LogP contribution in [0.1, 0.15) is 66.8 Å². The molecule has 18 rings (SSSR count). The highest BCUT2D eigenvalue weighted by molar-refractivity contribution is 6.05. The van der Waals surface area contributed by atoms with Gasteiger partial charge in [0.25, 0.3) is 0 Å². The Labute approximate surface area is 452 Å². The van der Waals surface area contributed by atoms with Crippen LogP contribution in [0.15, 0.2) is 273 Å². The van der Waals surface area contributed by atoms with E-state index < -0.39 is 16.2 Å². The Hall–Kier alpha value is -9.96. The molecule has 0 saturated carbocycles. The summed E-state index contributed by atoms with van der Waals surface area (Å²) in [6.07, 6.45) is 0. The van der Waals surface area contributed by atoms with Gasteiger partial charge in [-0.05, 0) is 126 Å². The van der Waals surface area contributed by atoms with E-state index in [-0.39, 0.29) is 0 Å². The first-order chi connectivity index (χ1) is 38.7. The summed E-state index contributed by atoms with van der Waals surface area (Å²) in [6.45, 7) is 0. The molecule has 0 radical (unpaired) electrons. The third-order valence-electron chi connectivity index (χ3n) is 18.4. The Kier molecular flexibility index (Phi) is 8.20. The van der Waals surface area contributed by atoms with Crippen molar-refractivity contribution < 1.29 is 9.47 Å². The number of hydrogen-bond acceptors (Lipinski definition) is 3. The van der Waals surface area contributed by atoms with Gasteiger partial charge in [0.1, 0.15) is 23.0 Å². The quantitative estimate of drug-likeness (QED) is 0.176. The lowest BCUT2D eigenvalue weighted by Gasteiger charge is -2.39. The van der Waals surface area contributed by atoms with Gasteiger partial charge in [-0.25, -0.2) is 0 Å². The van der Waals surface area contributed by atoms with Crippen LogP contribution in [-0.2, 0) is 16.2 Å². The van der Waals surface area contributed by atoms with Crippen LogP contribution in [0.4, 0.5) is 17.1 Å². The van der Waals surface area contributed by atoms with E-state index in [1.54, 1.807) is 0 Å². The van der Waals surface area contributed by atoms with Gasteiger partial charge in [-0.3, -0.25) is 0 Å². The van der Waals surface area contributed by atoms with Gasteiger partial charge in [0.2, 0.25) is 0 Å². The van der Waals surface area contributed by atoms with Crippen LogP contribution in [0.3, 0.4) is 0 Å². The van der Waals surface area contributed by atoms with Gasteiger partial charge < -0.3 is 14.4 Å². The van der Waals surface area contributed by atoms with E-state index in [0.29, 0.717) is 0 Å². The predicted octanol–water partition coefficient (Wildman–Crippen LogP) is 18.4. The highest BCUT2D eigenvalue weighted by Crippen LogP contribution is 2.69. The number of fused-ring (bicyclic) bond motifs is 28. The molecular formula is C75H45NO2. The maximum absolute atomic E-state index is 6.83. The van der Waals surface area contributed by atoms with Crippen LogP contribution in [0, 0.1) is 0 Å². The number of benzene rings is 12. The van der Waals surface area contributed by atoms with Gasteiger partial charge in [0.05, 0.1) is 27.6 Å². The second-order valence-corrected chi connectivity index (χ2v) is 21.6. The Balaban J connectivity index is 0.967. The molecule has 6 aliphatic rings. The first kappa shape index (κ1) is 42.3. The lowest BCUT2D eigenvalue weighted by atomic mass is 9.66. The van der Waals surface area contributed by atoms with E-state index in [2.05, 4.69) is 278 Å². The Morgan fingerprint density at radius 1 is 0.218 bits per heavy atom. The van der Waals surface area contributed by atoms with Crippen molar-refractivity contribution in [1.82, 2.24) is 0 Å². The minimum Gasteiger partial charge on any atom is -0.457 e. The van der Waals surface area contributed by atoms with Crippen molar-refractivity contribution >= 4 is 17.1 Å². The smallest absolute Gasteiger partial charge is 0.132 e. The summed E-state index contributed by atoms with van der Waals surface area (Å²) >= 11 is 0. The van der Waals surface area contributed by atoms with Crippen molar-refractivity contribution in [1.29, 1.82) is 0 Å². The Morgan fingerprint density at radius 3 is 0.910 bits per heavy atom. The van der Waals surface area contributed by atoms with Crippen LogP contribution < -0.4 is 14.4 Å². The fraction of sp³-hybridized carbons (Fsp3) is 0.0400. The predicted molar refractivity (Wildman–Crippen MR) is 312 cm³/mol. The minimum atomic E-state index is -0.654. The van der Waals surface area contributed by atoms with Crippen molar-refractivity contribution in [3.63, 3.8) is 0 Å². The van der Waals surface area contributed by atoms with E-state index in [4.69, 9.17) is 9.47 Å². The summed E-state index contributed by atoms with van der Waals surface area (Å²) in [5, 5.41) is 0. The lowest BCUT2D eigenvalue weighted by molar-refractivity contribution is 0.436. The molecule has 2 heterocycles. The first-order valence-corrected chi connectivity index (χ1v) is 27.2. The number of anilines is 3. The molecule has 362 valence electrons. The monoisotopic (exact) mass is 991 g/mol. The summed E-state index contributed by atoms with van der Waals surface area (Å²) in [7, 11) is 0. The molecule has 2 aliphatic heterocycles. The van der Waals surface area contributed by atoms with Crippen LogP contribution in [-0.4, -0.2) is 0 Å². The fourth-order valence-electron chi connectivity index (χ4n) is 15.8. The first-order valence-electron chi connectivity index (χ1n) is 27.2. The molecule has 0 N–H and O–H groups in total. The molecule has 3 heteroatoms. The van der Waals surface area contributed by atoms with Gasteiger partial charge in [-0.1, -0.05) is 224 Å². The average molecular weight is 992 g/mol. The average Bonchev–Trinajstić information content (AvgIpc) is 4.39. The standard InChI is InChI=1S/C75H45NO2/c1-6-26-53-47(21-1)48-22-2-7-27-54(48)73(53)56-29-9-4-24-50(56)71-63(73)35-19-37-65(71)76(46-43-44-58-52(45-46)49-23-3-8-28-55(49)74(58)59-31-11-15-39-67(59)77-68-40-16-12-32-60(68)74)66-38-20-36-64-72(66)51-25-5-10-30-57(51)75(64)61-33-13-17-41-69(61)78-70-42-18-14-34-62(70)75/h1-45H. The summed E-state index contributed by atoms with van der Waals surface area (Å²) in [5.41, 5.74) is 26.3. The van der Waals surface area contributed by atoms with Gasteiger partial charge in [-0.2, -0.15) is 0 Å². The van der Waals surface area contributed by atoms with Gasteiger partial charge >= 0.3 is 0 Å². The fourth-order valence-corrected chi connectivity index (χ4v) is 15.8. The topological polar surface area (TPSA) is 21.7 Å². The van der Waals surface area contributed by atoms with Crippen LogP contribution >= 0.6 is 0 Å². The molecule has 12 aromatic carbocycles. The zero-order valence-corrected chi connectivity index (χ0v) is 42.2. The van der Waals surface area contributed by atoms with Crippen LogP contribution in [0.2, 0.25) is 0 Å². The number of ether oxygens (including phenoxy) is 2. The van der Waals surface area contributed by atoms with Crippen molar-refractivity contribution in [3.05, 3.63) is 340 Å². The zero-order chi connectivity index (χ0) is 50.9. The van der Waals surface area contributed by atoms with E-state index in [1.165, 1.54) is 89.0 Å². The second-order valence-electron chi connectivity index (χ2n) is 21.6. The van der Waals surface area contributed by atoms with Gasteiger partial charge in [0, 0.05) is 39.1 Å². The molecular weight excluding hydrogens is 947 g/mol. The van der Waals surface area contributed by atoms with Gasteiger partial charge in [0.15, 0.2) is 0 Å². The van der Waals surface area contributed by atoms with E-state index in [1.807, 2.05) is 0 Å². The summed E-state index contributed by atoms with van der Waals surface area (Å²) < 4.78 is 13.6. The van der Waals surface area contributed by atoms with E-state index in [9.17, 15) is 0 Å². The zero-order valence-electron chi connectivity index (χ0n) is 42.2. The molecule has 0 saturated heterocycles. The molecule has 3 nitrogen and oxygen atoms in total. The van der Waals surface area contributed by atoms with Crippen LogP contribution in [0.25, 0.3) is 44.5 Å². The Bertz CT molecular complexity index is 4480. The number of para-hydroxylation sites is 4. The summed E-state index contributed by atoms with van der Waals surface area (Å²) in [6, 6.07) is 102. The SMILES string of the molecule is c1ccc2c(c1)Oc1ccccc1C21c2ccccc2-c2cc(N(c3cccc4c3-c3ccccc3C43c4ccccc4Oc4ccccc43)c3cccc4c3-c3ccccc3C43c4ccccc4-c4ccccc43)ccc21. The van der Waals surface area contributed by atoms with Crippen molar-refractivity contribution in [2.75, 3.05) is 4.90 Å². The van der Waals surface area contributed by atoms with E-state index in [0.717, 1.165) is 62.3 Å². The molecule has 0 unspecified atom stereocenters. The summed E-state index contributed by atoms with van der Waals surface area (Å²) in [4.78, 5) is 2.62. The maximum Gasteiger partial charge on any atom is 0.132 e. The van der Waals surface area contributed by atoms with Crippen molar-refractivity contribution in [2.24, 2.45) is 0 Å². The minimum absolute atomic E-state index is 0.529. The normalized spacial score (nSPS) is 15.2. The summed E-state index contributed by atoms with van der Waals surface area (Å²) in [5.74, 6) is 3.53. The molecule has 0 aromatic heterocycles.